The standard InChI is InChI=1S/C31H35NO8/c1-7-39-30(34)24-17(3)32-22-16-21(18-11-9-12-19(15-18)36-4)26(31(35)40-8-2)28(33)27(22)25(24)20-13-10-14-23(37-5)29(20)38-6/h9-15,21,25-26,32H,7-8,16H2,1-6H3/t21-,25-,26-/m1/s1. The second-order valence-corrected chi connectivity index (χ2v) is 9.47. The Labute approximate surface area is 234 Å². The van der Waals surface area contributed by atoms with E-state index in [9.17, 15) is 14.4 Å². The molecule has 212 valence electrons. The largest absolute Gasteiger partial charge is 0.497 e. The number of ether oxygens (including phenoxy) is 5. The van der Waals surface area contributed by atoms with Crippen molar-refractivity contribution in [2.75, 3.05) is 34.5 Å². The first-order valence-electron chi connectivity index (χ1n) is 13.2. The van der Waals surface area contributed by atoms with E-state index in [1.807, 2.05) is 18.2 Å². The van der Waals surface area contributed by atoms with Crippen molar-refractivity contribution < 1.29 is 38.1 Å². The number of carbonyl (C=O) groups is 3. The van der Waals surface area contributed by atoms with Crippen LogP contribution in [0.4, 0.5) is 0 Å². The van der Waals surface area contributed by atoms with E-state index in [4.69, 9.17) is 23.7 Å². The molecule has 0 radical (unpaired) electrons. The molecule has 2 aliphatic rings. The van der Waals surface area contributed by atoms with Gasteiger partial charge in [-0.25, -0.2) is 4.79 Å². The highest BCUT2D eigenvalue weighted by Gasteiger charge is 2.49. The molecule has 40 heavy (non-hydrogen) atoms. The van der Waals surface area contributed by atoms with E-state index < -0.39 is 35.5 Å². The van der Waals surface area contributed by atoms with Crippen molar-refractivity contribution in [2.24, 2.45) is 5.92 Å². The molecule has 4 rings (SSSR count). The lowest BCUT2D eigenvalue weighted by atomic mass is 9.67. The number of hydrogen-bond acceptors (Lipinski definition) is 9. The third kappa shape index (κ3) is 5.15. The first-order chi connectivity index (χ1) is 19.3. The molecule has 9 heteroatoms. The van der Waals surface area contributed by atoms with Gasteiger partial charge in [-0.2, -0.15) is 0 Å². The molecule has 0 fully saturated rings. The molecule has 0 saturated heterocycles. The number of para-hydroxylation sites is 1. The van der Waals surface area contributed by atoms with E-state index in [2.05, 4.69) is 5.32 Å². The van der Waals surface area contributed by atoms with Crippen LogP contribution in [0.15, 0.2) is 65.0 Å². The fraction of sp³-hybridized carbons (Fsp3) is 0.387. The summed E-state index contributed by atoms with van der Waals surface area (Å²) in [5.41, 5.74) is 3.07. The summed E-state index contributed by atoms with van der Waals surface area (Å²) in [6, 6.07) is 12.6. The zero-order chi connectivity index (χ0) is 29.0. The molecule has 0 saturated carbocycles. The van der Waals surface area contributed by atoms with Crippen LogP contribution in [0.2, 0.25) is 0 Å². The lowest BCUT2D eigenvalue weighted by Gasteiger charge is -2.39. The van der Waals surface area contributed by atoms with Crippen LogP contribution >= 0.6 is 0 Å². The summed E-state index contributed by atoms with van der Waals surface area (Å²) in [6.45, 7) is 5.47. The Balaban J connectivity index is 1.96. The fourth-order valence-electron chi connectivity index (χ4n) is 5.65. The lowest BCUT2D eigenvalue weighted by Crippen LogP contribution is -2.43. The summed E-state index contributed by atoms with van der Waals surface area (Å²) in [5.74, 6) is -2.68. The van der Waals surface area contributed by atoms with E-state index >= 15 is 0 Å². The van der Waals surface area contributed by atoms with Gasteiger partial charge in [-0.05, 0) is 51.0 Å². The van der Waals surface area contributed by atoms with Crippen LogP contribution in [0.25, 0.3) is 0 Å². The highest BCUT2D eigenvalue weighted by atomic mass is 16.5. The molecule has 1 aliphatic heterocycles. The third-order valence-electron chi connectivity index (χ3n) is 7.32. The van der Waals surface area contributed by atoms with Gasteiger partial charge in [0.05, 0.1) is 46.0 Å². The highest BCUT2D eigenvalue weighted by molar-refractivity contribution is 6.13. The van der Waals surface area contributed by atoms with E-state index in [0.717, 1.165) is 5.56 Å². The first-order valence-corrected chi connectivity index (χ1v) is 13.2. The Kier molecular flexibility index (Phi) is 8.82. The predicted molar refractivity (Wildman–Crippen MR) is 147 cm³/mol. The van der Waals surface area contributed by atoms with Crippen molar-refractivity contribution in [3.8, 4) is 17.2 Å². The minimum atomic E-state index is -1.13. The van der Waals surface area contributed by atoms with Crippen molar-refractivity contribution >= 4 is 17.7 Å². The predicted octanol–water partition coefficient (Wildman–Crippen LogP) is 4.43. The van der Waals surface area contributed by atoms with E-state index in [1.54, 1.807) is 52.1 Å². The SMILES string of the molecule is CCOC(=O)C1=C(C)NC2=C(C(=O)[C@H](C(=O)OCC)[C@@H](c3cccc(OC)c3)C2)[C@@H]1c1cccc(OC)c1OC. The van der Waals surface area contributed by atoms with E-state index in [0.29, 0.717) is 46.2 Å². The zero-order valence-corrected chi connectivity index (χ0v) is 23.7. The maximum Gasteiger partial charge on any atom is 0.336 e. The molecule has 0 unspecified atom stereocenters. The number of Topliss-reactive ketones (excluding diaryl/α,β-unsaturated/α-hetero) is 1. The van der Waals surface area contributed by atoms with Gasteiger partial charge in [0.15, 0.2) is 17.3 Å². The third-order valence-corrected chi connectivity index (χ3v) is 7.32. The topological polar surface area (TPSA) is 109 Å². The molecule has 0 aromatic heterocycles. The van der Waals surface area contributed by atoms with Gasteiger partial charge in [0.25, 0.3) is 0 Å². The van der Waals surface area contributed by atoms with Gasteiger partial charge in [-0.15, -0.1) is 0 Å². The molecular weight excluding hydrogens is 514 g/mol. The number of allylic oxidation sites excluding steroid dienone is 3. The molecule has 0 amide bonds. The molecule has 2 aromatic carbocycles. The summed E-state index contributed by atoms with van der Waals surface area (Å²) in [7, 11) is 4.58. The maximum absolute atomic E-state index is 14.5. The van der Waals surface area contributed by atoms with Crippen LogP contribution in [0, 0.1) is 5.92 Å². The van der Waals surface area contributed by atoms with Crippen LogP contribution in [0.5, 0.6) is 17.2 Å². The average Bonchev–Trinajstić information content (AvgIpc) is 2.95. The smallest absolute Gasteiger partial charge is 0.336 e. The van der Waals surface area contributed by atoms with Crippen molar-refractivity contribution in [3.05, 3.63) is 76.1 Å². The van der Waals surface area contributed by atoms with Crippen molar-refractivity contribution in [2.45, 2.75) is 39.0 Å². The number of benzene rings is 2. The Hall–Kier alpha value is -4.27. The minimum absolute atomic E-state index is 0.123. The van der Waals surface area contributed by atoms with E-state index in [1.165, 1.54) is 14.2 Å². The Bertz CT molecular complexity index is 1380. The van der Waals surface area contributed by atoms with Crippen LogP contribution in [0.1, 0.15) is 50.2 Å². The summed E-state index contributed by atoms with van der Waals surface area (Å²) in [6.07, 6.45) is 0.327. The van der Waals surface area contributed by atoms with Gasteiger partial charge in [0.2, 0.25) is 0 Å². The Morgan fingerprint density at radius 1 is 0.950 bits per heavy atom. The van der Waals surface area contributed by atoms with Gasteiger partial charge in [0, 0.05) is 28.4 Å². The van der Waals surface area contributed by atoms with Gasteiger partial charge in [-0.1, -0.05) is 24.3 Å². The second kappa shape index (κ2) is 12.3. The number of ketones is 1. The molecule has 1 heterocycles. The maximum atomic E-state index is 14.5. The molecule has 9 nitrogen and oxygen atoms in total. The van der Waals surface area contributed by atoms with E-state index in [-0.39, 0.29) is 18.8 Å². The summed E-state index contributed by atoms with van der Waals surface area (Å²) in [4.78, 5) is 41.3. The zero-order valence-electron chi connectivity index (χ0n) is 23.7. The summed E-state index contributed by atoms with van der Waals surface area (Å²) >= 11 is 0. The van der Waals surface area contributed by atoms with Gasteiger partial charge < -0.3 is 29.0 Å². The average molecular weight is 550 g/mol. The van der Waals surface area contributed by atoms with Gasteiger partial charge in [0.1, 0.15) is 11.7 Å². The molecule has 0 bridgehead atoms. The number of hydrogen-bond donors (Lipinski definition) is 1. The molecule has 1 aliphatic carbocycles. The fourth-order valence-corrected chi connectivity index (χ4v) is 5.65. The first kappa shape index (κ1) is 28.7. The number of nitrogens with one attached hydrogen (secondary N) is 1. The number of esters is 2. The second-order valence-electron chi connectivity index (χ2n) is 9.47. The van der Waals surface area contributed by atoms with Crippen molar-refractivity contribution in [1.29, 1.82) is 0 Å². The Morgan fingerprint density at radius 3 is 2.33 bits per heavy atom. The monoisotopic (exact) mass is 549 g/mol. The molecule has 2 aromatic rings. The number of dihydropyridines is 1. The van der Waals surface area contributed by atoms with Crippen LogP contribution in [0.3, 0.4) is 0 Å². The summed E-state index contributed by atoms with van der Waals surface area (Å²) in [5, 5.41) is 3.31. The number of carbonyl (C=O) groups excluding carboxylic acids is 3. The molecule has 0 spiro atoms. The van der Waals surface area contributed by atoms with Crippen LogP contribution < -0.4 is 19.5 Å². The normalized spacial score (nSPS) is 20.4. The van der Waals surface area contributed by atoms with Crippen molar-refractivity contribution in [3.63, 3.8) is 0 Å². The lowest BCUT2D eigenvalue weighted by molar-refractivity contribution is -0.152. The molecule has 3 atom stereocenters. The van der Waals surface area contributed by atoms with Crippen molar-refractivity contribution in [1.82, 2.24) is 5.32 Å². The number of methoxy groups -OCH3 is 3. The molecular formula is C31H35NO8. The summed E-state index contributed by atoms with van der Waals surface area (Å²) < 4.78 is 27.5. The van der Waals surface area contributed by atoms with Gasteiger partial charge in [-0.3, -0.25) is 9.59 Å². The van der Waals surface area contributed by atoms with Crippen LogP contribution in [-0.4, -0.2) is 52.3 Å². The minimum Gasteiger partial charge on any atom is -0.497 e. The number of rotatable bonds is 9. The van der Waals surface area contributed by atoms with Crippen LogP contribution in [-0.2, 0) is 23.9 Å². The highest BCUT2D eigenvalue weighted by Crippen LogP contribution is 2.51. The van der Waals surface area contributed by atoms with Gasteiger partial charge >= 0.3 is 11.9 Å². The Morgan fingerprint density at radius 2 is 1.68 bits per heavy atom. The quantitative estimate of drug-likeness (QED) is 0.359. The molecule has 1 N–H and O–H groups in total.